The van der Waals surface area contributed by atoms with Gasteiger partial charge in [-0.05, 0) is 30.0 Å². The Labute approximate surface area is 116 Å². The van der Waals surface area contributed by atoms with Crippen molar-refractivity contribution in [1.82, 2.24) is 0 Å². The van der Waals surface area contributed by atoms with Crippen LogP contribution in [0.5, 0.6) is 0 Å². The van der Waals surface area contributed by atoms with Gasteiger partial charge in [-0.2, -0.15) is 0 Å². The van der Waals surface area contributed by atoms with Crippen molar-refractivity contribution in [2.45, 2.75) is 13.0 Å². The Kier molecular flexibility index (Phi) is 4.64. The lowest BCUT2D eigenvalue weighted by molar-refractivity contribution is 0.282. The quantitative estimate of drug-likeness (QED) is 0.906. The molecule has 2 nitrogen and oxygen atoms in total. The Morgan fingerprint density at radius 1 is 1.33 bits per heavy atom. The van der Waals surface area contributed by atoms with Gasteiger partial charge >= 0.3 is 0 Å². The topological polar surface area (TPSA) is 23.5 Å². The molecule has 4 heteroatoms. The lowest BCUT2D eigenvalue weighted by Crippen LogP contribution is -2.21. The molecule has 1 N–H and O–H groups in total. The van der Waals surface area contributed by atoms with E-state index in [0.717, 1.165) is 24.2 Å². The molecular formula is C14H16ClNOS. The van der Waals surface area contributed by atoms with Crippen LogP contribution >= 0.6 is 22.9 Å². The molecule has 0 aliphatic heterocycles. The molecule has 0 amide bonds. The zero-order valence-corrected chi connectivity index (χ0v) is 11.8. The highest BCUT2D eigenvalue weighted by molar-refractivity contribution is 7.09. The predicted octanol–water partition coefficient (Wildman–Crippen LogP) is 3.57. The fourth-order valence-corrected chi connectivity index (χ4v) is 2.74. The minimum absolute atomic E-state index is 0.0375. The number of nitrogens with zero attached hydrogens (tertiary/aromatic N) is 1. The number of aliphatic hydroxyl groups excluding tert-OH is 1. The minimum atomic E-state index is 0.0375. The molecular weight excluding hydrogens is 266 g/mol. The molecule has 0 fully saturated rings. The number of halogens is 1. The highest BCUT2D eigenvalue weighted by Crippen LogP contribution is 2.24. The molecule has 0 unspecified atom stereocenters. The summed E-state index contributed by atoms with van der Waals surface area (Å²) in [6, 6.07) is 9.80. The predicted molar refractivity (Wildman–Crippen MR) is 78.7 cm³/mol. The third kappa shape index (κ3) is 3.25. The molecule has 1 aromatic heterocycles. The third-order valence-electron chi connectivity index (χ3n) is 2.90. The second-order valence-corrected chi connectivity index (χ2v) is 5.65. The third-order valence-corrected chi connectivity index (χ3v) is 4.07. The van der Waals surface area contributed by atoms with Crippen LogP contribution in [0.25, 0.3) is 0 Å². The van der Waals surface area contributed by atoms with Gasteiger partial charge in [0.2, 0.25) is 0 Å². The molecule has 0 saturated heterocycles. The summed E-state index contributed by atoms with van der Waals surface area (Å²) in [4.78, 5) is 3.51. The number of aliphatic hydroxyl groups is 1. The molecule has 1 aromatic carbocycles. The van der Waals surface area contributed by atoms with Crippen molar-refractivity contribution in [1.29, 1.82) is 0 Å². The van der Waals surface area contributed by atoms with Crippen LogP contribution in [0.15, 0.2) is 35.7 Å². The van der Waals surface area contributed by atoms with Gasteiger partial charge in [0.1, 0.15) is 0 Å². The Bertz CT molecular complexity index is 499. The van der Waals surface area contributed by atoms with E-state index in [1.54, 1.807) is 11.3 Å². The summed E-state index contributed by atoms with van der Waals surface area (Å²) in [7, 11) is 2.03. The molecule has 96 valence electrons. The second kappa shape index (κ2) is 6.23. The van der Waals surface area contributed by atoms with Gasteiger partial charge in [0.05, 0.1) is 6.61 Å². The first-order valence-corrected chi connectivity index (χ1v) is 7.09. The van der Waals surface area contributed by atoms with Gasteiger partial charge in [-0.1, -0.05) is 23.7 Å². The molecule has 0 atom stereocenters. The molecule has 0 spiro atoms. The van der Waals surface area contributed by atoms with Gasteiger partial charge in [0, 0.05) is 34.7 Å². The van der Waals surface area contributed by atoms with Gasteiger partial charge in [0.15, 0.2) is 0 Å². The second-order valence-electron chi connectivity index (χ2n) is 4.18. The van der Waals surface area contributed by atoms with Crippen molar-refractivity contribution in [3.8, 4) is 0 Å². The number of hydrogen-bond donors (Lipinski definition) is 1. The number of thiophene rings is 1. The molecule has 0 bridgehead atoms. The summed E-state index contributed by atoms with van der Waals surface area (Å²) in [6.07, 6.45) is 1.01. The van der Waals surface area contributed by atoms with Crippen LogP contribution in [0.4, 0.5) is 5.69 Å². The monoisotopic (exact) mass is 281 g/mol. The zero-order chi connectivity index (χ0) is 13.0. The number of hydrogen-bond acceptors (Lipinski definition) is 3. The van der Waals surface area contributed by atoms with Crippen molar-refractivity contribution < 1.29 is 5.11 Å². The zero-order valence-electron chi connectivity index (χ0n) is 10.3. The summed E-state index contributed by atoms with van der Waals surface area (Å²) >= 11 is 7.78. The van der Waals surface area contributed by atoms with Gasteiger partial charge in [0.25, 0.3) is 0 Å². The van der Waals surface area contributed by atoms with E-state index in [0.29, 0.717) is 5.02 Å². The average molecular weight is 282 g/mol. The van der Waals surface area contributed by atoms with Crippen LogP contribution in [0.3, 0.4) is 0 Å². The van der Waals surface area contributed by atoms with E-state index in [1.165, 1.54) is 4.88 Å². The van der Waals surface area contributed by atoms with E-state index in [4.69, 9.17) is 11.6 Å². The summed E-state index contributed by atoms with van der Waals surface area (Å²) in [5, 5.41) is 12.1. The maximum absolute atomic E-state index is 9.34. The normalized spacial score (nSPS) is 10.6. The molecule has 1 heterocycles. The van der Waals surface area contributed by atoms with Gasteiger partial charge in [-0.3, -0.25) is 0 Å². The first-order chi connectivity index (χ1) is 8.70. The van der Waals surface area contributed by atoms with E-state index < -0.39 is 0 Å². The smallest absolute Gasteiger partial charge is 0.0702 e. The summed E-state index contributed by atoms with van der Waals surface area (Å²) in [6.45, 7) is 0.948. The fraction of sp³-hybridized carbons (Fsp3) is 0.286. The summed E-state index contributed by atoms with van der Waals surface area (Å²) in [5.41, 5.74) is 1.91. The van der Waals surface area contributed by atoms with Crippen molar-refractivity contribution in [2.75, 3.05) is 18.5 Å². The van der Waals surface area contributed by atoms with Crippen molar-refractivity contribution >= 4 is 28.6 Å². The SMILES string of the molecule is CN(CCc1cccs1)c1cc(Cl)ccc1CO. The molecule has 0 saturated carbocycles. The van der Waals surface area contributed by atoms with Crippen LogP contribution in [0.2, 0.25) is 5.02 Å². The van der Waals surface area contributed by atoms with Crippen LogP contribution < -0.4 is 4.90 Å². The Morgan fingerprint density at radius 2 is 2.17 bits per heavy atom. The average Bonchev–Trinajstić information content (AvgIpc) is 2.89. The van der Waals surface area contributed by atoms with Crippen LogP contribution in [0, 0.1) is 0 Å². The van der Waals surface area contributed by atoms with E-state index in [9.17, 15) is 5.11 Å². The van der Waals surface area contributed by atoms with E-state index in [1.807, 2.05) is 25.2 Å². The van der Waals surface area contributed by atoms with E-state index in [-0.39, 0.29) is 6.61 Å². The van der Waals surface area contributed by atoms with Gasteiger partial charge < -0.3 is 10.0 Å². The molecule has 18 heavy (non-hydrogen) atoms. The first kappa shape index (κ1) is 13.4. The Balaban J connectivity index is 2.08. The van der Waals surface area contributed by atoms with Crippen molar-refractivity contribution in [3.05, 3.63) is 51.2 Å². The number of benzene rings is 1. The molecule has 0 aliphatic rings. The lowest BCUT2D eigenvalue weighted by Gasteiger charge is -2.22. The minimum Gasteiger partial charge on any atom is -0.392 e. The first-order valence-electron chi connectivity index (χ1n) is 5.83. The van der Waals surface area contributed by atoms with Crippen LogP contribution in [-0.2, 0) is 13.0 Å². The summed E-state index contributed by atoms with van der Waals surface area (Å²) in [5.74, 6) is 0. The highest BCUT2D eigenvalue weighted by atomic mass is 35.5. The van der Waals surface area contributed by atoms with Crippen LogP contribution in [0.1, 0.15) is 10.4 Å². The number of rotatable bonds is 5. The van der Waals surface area contributed by atoms with Crippen molar-refractivity contribution in [3.63, 3.8) is 0 Å². The standard InChI is InChI=1S/C14H16ClNOS/c1-16(7-6-13-3-2-8-18-13)14-9-12(15)5-4-11(14)10-17/h2-5,8-9,17H,6-7,10H2,1H3. The molecule has 2 rings (SSSR count). The Morgan fingerprint density at radius 3 is 2.83 bits per heavy atom. The van der Waals surface area contributed by atoms with E-state index in [2.05, 4.69) is 22.4 Å². The maximum atomic E-state index is 9.34. The maximum Gasteiger partial charge on any atom is 0.0702 e. The van der Waals surface area contributed by atoms with Crippen LogP contribution in [-0.4, -0.2) is 18.7 Å². The Hall–Kier alpha value is -1.03. The van der Waals surface area contributed by atoms with Crippen molar-refractivity contribution in [2.24, 2.45) is 0 Å². The number of likely N-dealkylation sites (N-methyl/N-ethyl adjacent to an activating group) is 1. The number of anilines is 1. The van der Waals surface area contributed by atoms with E-state index >= 15 is 0 Å². The highest BCUT2D eigenvalue weighted by Gasteiger charge is 2.08. The largest absolute Gasteiger partial charge is 0.392 e. The summed E-state index contributed by atoms with van der Waals surface area (Å²) < 4.78 is 0. The van der Waals surface area contributed by atoms with Gasteiger partial charge in [-0.15, -0.1) is 11.3 Å². The molecule has 0 aliphatic carbocycles. The fourth-order valence-electron chi connectivity index (χ4n) is 1.88. The molecule has 2 aromatic rings. The lowest BCUT2D eigenvalue weighted by atomic mass is 10.1. The van der Waals surface area contributed by atoms with Gasteiger partial charge in [-0.25, -0.2) is 0 Å². The molecule has 0 radical (unpaired) electrons.